The molecule has 1 N–H and O–H groups in total. The number of aryl methyl sites for hydroxylation is 1. The van der Waals surface area contributed by atoms with Crippen molar-refractivity contribution in [1.82, 2.24) is 9.38 Å². The van der Waals surface area contributed by atoms with Crippen molar-refractivity contribution in [3.8, 4) is 22.8 Å². The number of aromatic nitrogens is 2. The van der Waals surface area contributed by atoms with Gasteiger partial charge in [-0.1, -0.05) is 30.3 Å². The maximum atomic E-state index is 12.8. The fourth-order valence-corrected chi connectivity index (χ4v) is 3.32. The summed E-state index contributed by atoms with van der Waals surface area (Å²) in [5.41, 5.74) is 4.32. The van der Waals surface area contributed by atoms with Crippen LogP contribution >= 0.6 is 0 Å². The van der Waals surface area contributed by atoms with Crippen LogP contribution in [0.25, 0.3) is 23.0 Å². The number of imidazole rings is 1. The van der Waals surface area contributed by atoms with Crippen molar-refractivity contribution in [2.45, 2.75) is 6.92 Å². The molecule has 0 unspecified atom stereocenters. The molecule has 2 aromatic carbocycles. The molecule has 4 aromatic rings. The highest BCUT2D eigenvalue weighted by molar-refractivity contribution is 6.03. The Bertz CT molecular complexity index is 1240. The molecule has 1 amide bonds. The molecular formula is C25H23N3O3. The van der Waals surface area contributed by atoms with E-state index in [1.165, 1.54) is 6.08 Å². The van der Waals surface area contributed by atoms with E-state index in [-0.39, 0.29) is 5.91 Å². The molecule has 0 saturated heterocycles. The average Bonchev–Trinajstić information content (AvgIpc) is 3.15. The molecule has 0 saturated carbocycles. The highest BCUT2D eigenvalue weighted by Crippen LogP contribution is 2.29. The second kappa shape index (κ2) is 8.75. The number of pyridine rings is 1. The zero-order chi connectivity index (χ0) is 21.8. The van der Waals surface area contributed by atoms with Crippen LogP contribution in [-0.2, 0) is 4.79 Å². The quantitative estimate of drug-likeness (QED) is 0.453. The Kier molecular flexibility index (Phi) is 5.71. The first kappa shape index (κ1) is 20.2. The van der Waals surface area contributed by atoms with E-state index >= 15 is 0 Å². The highest BCUT2D eigenvalue weighted by Gasteiger charge is 2.15. The van der Waals surface area contributed by atoms with E-state index in [1.54, 1.807) is 26.4 Å². The van der Waals surface area contributed by atoms with Crippen LogP contribution in [0.5, 0.6) is 11.5 Å². The van der Waals surface area contributed by atoms with Crippen LogP contribution in [0, 0.1) is 6.92 Å². The number of ether oxygens (including phenoxy) is 2. The first-order valence-corrected chi connectivity index (χ1v) is 9.83. The summed E-state index contributed by atoms with van der Waals surface area (Å²) in [7, 11) is 3.18. The van der Waals surface area contributed by atoms with Crippen molar-refractivity contribution in [2.75, 3.05) is 19.5 Å². The molecule has 6 nitrogen and oxygen atoms in total. The van der Waals surface area contributed by atoms with Gasteiger partial charge in [0.15, 0.2) is 0 Å². The molecule has 0 spiro atoms. The molecule has 0 fully saturated rings. The molecule has 0 aliphatic heterocycles. The molecule has 6 heteroatoms. The van der Waals surface area contributed by atoms with Crippen LogP contribution in [0.15, 0.2) is 72.9 Å². The Morgan fingerprint density at radius 1 is 1.00 bits per heavy atom. The molecule has 0 aliphatic rings. The predicted octanol–water partition coefficient (Wildman–Crippen LogP) is 4.98. The van der Waals surface area contributed by atoms with Crippen LogP contribution in [0.1, 0.15) is 11.1 Å². The van der Waals surface area contributed by atoms with Gasteiger partial charge in [0.2, 0.25) is 5.91 Å². The Morgan fingerprint density at radius 2 is 1.71 bits per heavy atom. The Labute approximate surface area is 180 Å². The normalized spacial score (nSPS) is 11.1. The van der Waals surface area contributed by atoms with Gasteiger partial charge in [0.1, 0.15) is 28.7 Å². The number of fused-ring (bicyclic) bond motifs is 1. The molecule has 31 heavy (non-hydrogen) atoms. The second-order valence-corrected chi connectivity index (χ2v) is 7.08. The summed E-state index contributed by atoms with van der Waals surface area (Å²) in [6.07, 6.45) is 5.11. The van der Waals surface area contributed by atoms with Gasteiger partial charge < -0.3 is 14.8 Å². The van der Waals surface area contributed by atoms with E-state index in [4.69, 9.17) is 14.5 Å². The van der Waals surface area contributed by atoms with Gasteiger partial charge in [-0.3, -0.25) is 9.20 Å². The van der Waals surface area contributed by atoms with Crippen LogP contribution in [0.4, 0.5) is 5.82 Å². The second-order valence-electron chi connectivity index (χ2n) is 7.08. The number of nitrogens with one attached hydrogen (secondary N) is 1. The number of methoxy groups -OCH3 is 2. The first-order chi connectivity index (χ1) is 15.1. The SMILES string of the molecule is COc1cc(/C=C/C(=O)Nc2c(-c3ccccc3)nc3cc(C)ccn23)cc(OC)c1. The minimum atomic E-state index is -0.263. The number of anilines is 1. The van der Waals surface area contributed by atoms with Crippen molar-refractivity contribution in [1.29, 1.82) is 0 Å². The lowest BCUT2D eigenvalue weighted by Crippen LogP contribution is -2.10. The third-order valence-corrected chi connectivity index (χ3v) is 4.87. The summed E-state index contributed by atoms with van der Waals surface area (Å²) in [6, 6.07) is 19.2. The van der Waals surface area contributed by atoms with Crippen molar-refractivity contribution in [3.63, 3.8) is 0 Å². The third kappa shape index (κ3) is 4.43. The molecule has 0 bridgehead atoms. The van der Waals surface area contributed by atoms with E-state index < -0.39 is 0 Å². The number of amides is 1. The number of hydrogen-bond acceptors (Lipinski definition) is 4. The van der Waals surface area contributed by atoms with Crippen LogP contribution in [0.3, 0.4) is 0 Å². The number of benzene rings is 2. The van der Waals surface area contributed by atoms with E-state index in [0.717, 1.165) is 28.0 Å². The molecule has 2 aromatic heterocycles. The summed E-state index contributed by atoms with van der Waals surface area (Å²) in [5, 5.41) is 2.99. The van der Waals surface area contributed by atoms with Gasteiger partial charge in [0, 0.05) is 23.9 Å². The number of rotatable bonds is 6. The molecule has 0 radical (unpaired) electrons. The average molecular weight is 413 g/mol. The summed E-state index contributed by atoms with van der Waals surface area (Å²) in [4.78, 5) is 17.5. The minimum Gasteiger partial charge on any atom is -0.497 e. The number of hydrogen-bond donors (Lipinski definition) is 1. The molecular weight excluding hydrogens is 390 g/mol. The van der Waals surface area contributed by atoms with Crippen LogP contribution in [-0.4, -0.2) is 29.5 Å². The summed E-state index contributed by atoms with van der Waals surface area (Å²) in [6.45, 7) is 2.01. The minimum absolute atomic E-state index is 0.263. The fraction of sp³-hybridized carbons (Fsp3) is 0.120. The van der Waals surface area contributed by atoms with Gasteiger partial charge in [0.25, 0.3) is 0 Å². The predicted molar refractivity (Wildman–Crippen MR) is 123 cm³/mol. The van der Waals surface area contributed by atoms with Crippen molar-refractivity contribution < 1.29 is 14.3 Å². The molecule has 156 valence electrons. The molecule has 0 atom stereocenters. The van der Waals surface area contributed by atoms with E-state index in [2.05, 4.69) is 5.32 Å². The molecule has 2 heterocycles. The monoisotopic (exact) mass is 413 g/mol. The van der Waals surface area contributed by atoms with Crippen molar-refractivity contribution in [3.05, 3.63) is 84.1 Å². The lowest BCUT2D eigenvalue weighted by Gasteiger charge is -2.07. The Balaban J connectivity index is 1.67. The number of nitrogens with zero attached hydrogens (tertiary/aromatic N) is 2. The lowest BCUT2D eigenvalue weighted by molar-refractivity contribution is -0.111. The largest absolute Gasteiger partial charge is 0.497 e. The van der Waals surface area contributed by atoms with E-state index in [9.17, 15) is 4.79 Å². The van der Waals surface area contributed by atoms with E-state index in [1.807, 2.05) is 72.1 Å². The summed E-state index contributed by atoms with van der Waals surface area (Å²) in [5.74, 6) is 1.67. The summed E-state index contributed by atoms with van der Waals surface area (Å²) >= 11 is 0. The van der Waals surface area contributed by atoms with Crippen molar-refractivity contribution in [2.24, 2.45) is 0 Å². The topological polar surface area (TPSA) is 64.9 Å². The van der Waals surface area contributed by atoms with Gasteiger partial charge in [-0.15, -0.1) is 0 Å². The molecule has 4 rings (SSSR count). The smallest absolute Gasteiger partial charge is 0.249 e. The third-order valence-electron chi connectivity index (χ3n) is 4.87. The first-order valence-electron chi connectivity index (χ1n) is 9.83. The maximum Gasteiger partial charge on any atom is 0.249 e. The zero-order valence-corrected chi connectivity index (χ0v) is 17.6. The standard InChI is InChI=1S/C25H23N3O3/c1-17-11-12-28-22(13-17)26-24(19-7-5-4-6-8-19)25(28)27-23(29)10-9-18-14-20(30-2)16-21(15-18)31-3/h4-16H,1-3H3,(H,27,29)/b10-9+. The van der Waals surface area contributed by atoms with Gasteiger partial charge in [-0.2, -0.15) is 0 Å². The summed E-state index contributed by atoms with van der Waals surface area (Å²) < 4.78 is 12.5. The van der Waals surface area contributed by atoms with Gasteiger partial charge in [-0.05, 0) is 48.4 Å². The Morgan fingerprint density at radius 3 is 2.39 bits per heavy atom. The van der Waals surface area contributed by atoms with Crippen LogP contribution in [0.2, 0.25) is 0 Å². The highest BCUT2D eigenvalue weighted by atomic mass is 16.5. The van der Waals surface area contributed by atoms with Gasteiger partial charge in [0.05, 0.1) is 14.2 Å². The van der Waals surface area contributed by atoms with Gasteiger partial charge in [-0.25, -0.2) is 4.98 Å². The molecule has 0 aliphatic carbocycles. The maximum absolute atomic E-state index is 12.8. The zero-order valence-electron chi connectivity index (χ0n) is 17.6. The van der Waals surface area contributed by atoms with Crippen molar-refractivity contribution >= 4 is 23.4 Å². The van der Waals surface area contributed by atoms with Gasteiger partial charge >= 0.3 is 0 Å². The Hall–Kier alpha value is -4.06. The number of carbonyl (C=O) groups is 1. The fourth-order valence-electron chi connectivity index (χ4n) is 3.32. The van der Waals surface area contributed by atoms with E-state index in [0.29, 0.717) is 17.3 Å². The van der Waals surface area contributed by atoms with Crippen LogP contribution < -0.4 is 14.8 Å². The lowest BCUT2D eigenvalue weighted by atomic mass is 10.1. The number of carbonyl (C=O) groups excluding carboxylic acids is 1.